The van der Waals surface area contributed by atoms with E-state index in [1.165, 1.54) is 6.92 Å². The standard InChI is InChI=1S/C15H19F3N4O3/c1-10-19-12(15(16,17)18)8-13(20-10)22-4-7-25-11(9-22)14(23)21-2-5-24-6-3-21/h8,11H,2-7,9H2,1H3. The molecule has 0 saturated carbocycles. The zero-order chi connectivity index (χ0) is 18.0. The molecule has 138 valence electrons. The molecule has 0 bridgehead atoms. The lowest BCUT2D eigenvalue weighted by molar-refractivity contribution is -0.148. The number of ether oxygens (including phenoxy) is 2. The molecule has 0 aromatic carbocycles. The minimum atomic E-state index is -4.54. The summed E-state index contributed by atoms with van der Waals surface area (Å²) in [6.45, 7) is 4.10. The number of nitrogens with zero attached hydrogens (tertiary/aromatic N) is 4. The van der Waals surface area contributed by atoms with Gasteiger partial charge in [0.25, 0.3) is 5.91 Å². The number of anilines is 1. The first-order valence-electron chi connectivity index (χ1n) is 8.00. The van der Waals surface area contributed by atoms with E-state index in [1.54, 1.807) is 9.80 Å². The molecule has 1 unspecified atom stereocenters. The van der Waals surface area contributed by atoms with E-state index in [0.29, 0.717) is 32.8 Å². The van der Waals surface area contributed by atoms with Crippen LogP contribution < -0.4 is 4.90 Å². The van der Waals surface area contributed by atoms with E-state index in [-0.39, 0.29) is 30.7 Å². The average molecular weight is 360 g/mol. The molecule has 3 rings (SSSR count). The van der Waals surface area contributed by atoms with Crippen molar-refractivity contribution in [1.82, 2.24) is 14.9 Å². The van der Waals surface area contributed by atoms with Gasteiger partial charge in [0, 0.05) is 25.7 Å². The molecule has 1 aromatic heterocycles. The van der Waals surface area contributed by atoms with Crippen molar-refractivity contribution in [3.8, 4) is 0 Å². The summed E-state index contributed by atoms with van der Waals surface area (Å²) < 4.78 is 49.6. The number of amides is 1. The number of aryl methyl sites for hydroxylation is 1. The predicted octanol–water partition coefficient (Wildman–Crippen LogP) is 0.868. The number of carbonyl (C=O) groups is 1. The Kier molecular flexibility index (Phi) is 5.09. The van der Waals surface area contributed by atoms with E-state index >= 15 is 0 Å². The molecule has 3 heterocycles. The summed E-state index contributed by atoms with van der Waals surface area (Å²) in [7, 11) is 0. The molecule has 10 heteroatoms. The molecule has 25 heavy (non-hydrogen) atoms. The van der Waals surface area contributed by atoms with Crippen molar-refractivity contribution in [3.05, 3.63) is 17.6 Å². The molecular weight excluding hydrogens is 341 g/mol. The molecule has 0 radical (unpaired) electrons. The summed E-state index contributed by atoms with van der Waals surface area (Å²) in [5, 5.41) is 0. The molecule has 2 aliphatic rings. The van der Waals surface area contributed by atoms with Crippen LogP contribution in [0.1, 0.15) is 11.5 Å². The normalized spacial score (nSPS) is 22.2. The topological polar surface area (TPSA) is 67.8 Å². The van der Waals surface area contributed by atoms with E-state index in [4.69, 9.17) is 9.47 Å². The van der Waals surface area contributed by atoms with Crippen molar-refractivity contribution >= 4 is 11.7 Å². The van der Waals surface area contributed by atoms with Crippen molar-refractivity contribution in [3.63, 3.8) is 0 Å². The maximum Gasteiger partial charge on any atom is 0.433 e. The van der Waals surface area contributed by atoms with Gasteiger partial charge in [-0.2, -0.15) is 13.2 Å². The van der Waals surface area contributed by atoms with Crippen LogP contribution in [0.15, 0.2) is 6.07 Å². The first-order chi connectivity index (χ1) is 11.8. The van der Waals surface area contributed by atoms with Gasteiger partial charge < -0.3 is 19.3 Å². The van der Waals surface area contributed by atoms with Crippen molar-refractivity contribution < 1.29 is 27.4 Å². The van der Waals surface area contributed by atoms with Crippen LogP contribution in [0.4, 0.5) is 19.0 Å². The van der Waals surface area contributed by atoms with Crippen LogP contribution >= 0.6 is 0 Å². The predicted molar refractivity (Wildman–Crippen MR) is 81.1 cm³/mol. The number of morpholine rings is 2. The maximum atomic E-state index is 13.0. The molecule has 2 fully saturated rings. The SMILES string of the molecule is Cc1nc(N2CCOC(C(=O)N3CCOCC3)C2)cc(C(F)(F)F)n1. The van der Waals surface area contributed by atoms with Gasteiger partial charge in [-0.1, -0.05) is 0 Å². The number of halogens is 3. The second kappa shape index (κ2) is 7.12. The van der Waals surface area contributed by atoms with E-state index in [1.807, 2.05) is 0 Å². The second-order valence-corrected chi connectivity index (χ2v) is 5.90. The van der Waals surface area contributed by atoms with Crippen LogP contribution in [-0.4, -0.2) is 72.9 Å². The Labute approximate surface area is 142 Å². The fourth-order valence-corrected chi connectivity index (χ4v) is 2.85. The third kappa shape index (κ3) is 4.18. The summed E-state index contributed by atoms with van der Waals surface area (Å²) in [5.41, 5.74) is -0.988. The summed E-state index contributed by atoms with van der Waals surface area (Å²) in [6.07, 6.45) is -5.27. The van der Waals surface area contributed by atoms with Crippen LogP contribution in [-0.2, 0) is 20.4 Å². The van der Waals surface area contributed by atoms with E-state index in [9.17, 15) is 18.0 Å². The molecule has 1 aromatic rings. The quantitative estimate of drug-likeness (QED) is 0.780. The number of carbonyl (C=O) groups excluding carboxylic acids is 1. The Bertz CT molecular complexity index is 635. The van der Waals surface area contributed by atoms with Gasteiger partial charge in [0.05, 0.1) is 26.4 Å². The zero-order valence-corrected chi connectivity index (χ0v) is 13.8. The molecule has 0 aliphatic carbocycles. The van der Waals surface area contributed by atoms with Gasteiger partial charge >= 0.3 is 6.18 Å². The molecule has 7 nitrogen and oxygen atoms in total. The highest BCUT2D eigenvalue weighted by Gasteiger charge is 2.35. The van der Waals surface area contributed by atoms with Crippen LogP contribution in [0.3, 0.4) is 0 Å². The van der Waals surface area contributed by atoms with Gasteiger partial charge in [-0.25, -0.2) is 9.97 Å². The molecule has 1 amide bonds. The van der Waals surface area contributed by atoms with Crippen molar-refractivity contribution in [2.45, 2.75) is 19.2 Å². The molecule has 0 spiro atoms. The summed E-state index contributed by atoms with van der Waals surface area (Å²) in [6, 6.07) is 0.911. The lowest BCUT2D eigenvalue weighted by Crippen LogP contribution is -2.53. The monoisotopic (exact) mass is 360 g/mol. The third-order valence-electron chi connectivity index (χ3n) is 4.10. The summed E-state index contributed by atoms with van der Waals surface area (Å²) in [5.74, 6) is 0.0186. The van der Waals surface area contributed by atoms with Crippen molar-refractivity contribution in [1.29, 1.82) is 0 Å². The van der Waals surface area contributed by atoms with Crippen molar-refractivity contribution in [2.75, 3.05) is 50.9 Å². The fourth-order valence-electron chi connectivity index (χ4n) is 2.85. The molecule has 2 aliphatic heterocycles. The summed E-state index contributed by atoms with van der Waals surface area (Å²) in [4.78, 5) is 23.4. The van der Waals surface area contributed by atoms with E-state index in [0.717, 1.165) is 6.07 Å². The van der Waals surface area contributed by atoms with Gasteiger partial charge in [0.2, 0.25) is 0 Å². The van der Waals surface area contributed by atoms with Gasteiger partial charge in [0.1, 0.15) is 17.3 Å². The van der Waals surface area contributed by atoms with Crippen LogP contribution in [0.25, 0.3) is 0 Å². The molecule has 0 N–H and O–H groups in total. The molecular formula is C15H19F3N4O3. The van der Waals surface area contributed by atoms with Gasteiger partial charge in [-0.3, -0.25) is 4.79 Å². The fraction of sp³-hybridized carbons (Fsp3) is 0.667. The first kappa shape index (κ1) is 17.9. The minimum absolute atomic E-state index is 0.0346. The highest BCUT2D eigenvalue weighted by Crippen LogP contribution is 2.30. The smallest absolute Gasteiger partial charge is 0.378 e. The number of aromatic nitrogens is 2. The van der Waals surface area contributed by atoms with Crippen molar-refractivity contribution in [2.24, 2.45) is 0 Å². The number of hydrogen-bond donors (Lipinski definition) is 0. The lowest BCUT2D eigenvalue weighted by Gasteiger charge is -2.36. The zero-order valence-electron chi connectivity index (χ0n) is 13.8. The number of rotatable bonds is 2. The maximum absolute atomic E-state index is 13.0. The highest BCUT2D eigenvalue weighted by atomic mass is 19.4. The van der Waals surface area contributed by atoms with E-state index in [2.05, 4.69) is 9.97 Å². The number of alkyl halides is 3. The van der Waals surface area contributed by atoms with Gasteiger partial charge in [-0.05, 0) is 6.92 Å². The molecule has 1 atom stereocenters. The Morgan fingerprint density at radius 2 is 1.92 bits per heavy atom. The second-order valence-electron chi connectivity index (χ2n) is 5.90. The Hall–Kier alpha value is -1.94. The van der Waals surface area contributed by atoms with Gasteiger partial charge in [-0.15, -0.1) is 0 Å². The van der Waals surface area contributed by atoms with Crippen LogP contribution in [0, 0.1) is 6.92 Å². The van der Waals surface area contributed by atoms with Crippen LogP contribution in [0.2, 0.25) is 0 Å². The van der Waals surface area contributed by atoms with Gasteiger partial charge in [0.15, 0.2) is 6.10 Å². The Morgan fingerprint density at radius 3 is 2.60 bits per heavy atom. The third-order valence-corrected chi connectivity index (χ3v) is 4.10. The summed E-state index contributed by atoms with van der Waals surface area (Å²) >= 11 is 0. The Morgan fingerprint density at radius 1 is 1.20 bits per heavy atom. The van der Waals surface area contributed by atoms with Crippen LogP contribution in [0.5, 0.6) is 0 Å². The average Bonchev–Trinajstić information content (AvgIpc) is 2.61. The van der Waals surface area contributed by atoms with E-state index < -0.39 is 18.0 Å². The minimum Gasteiger partial charge on any atom is -0.378 e. The highest BCUT2D eigenvalue weighted by molar-refractivity contribution is 5.82. The molecule has 2 saturated heterocycles. The largest absolute Gasteiger partial charge is 0.433 e. The Balaban J connectivity index is 1.75. The lowest BCUT2D eigenvalue weighted by atomic mass is 10.2. The number of hydrogen-bond acceptors (Lipinski definition) is 6. The first-order valence-corrected chi connectivity index (χ1v) is 8.00.